The summed E-state index contributed by atoms with van der Waals surface area (Å²) in [5.74, 6) is -1.67. The first-order valence-electron chi connectivity index (χ1n) is 10.0. The van der Waals surface area contributed by atoms with E-state index in [1.54, 1.807) is 11.0 Å². The molecule has 0 bridgehead atoms. The minimum absolute atomic E-state index is 0.174. The third kappa shape index (κ3) is 3.42. The molecule has 0 radical (unpaired) electrons. The Morgan fingerprint density at radius 2 is 1.62 bits per heavy atom. The molecular weight excluding hydrogens is 433 g/mol. The normalized spacial score (nSPS) is 16.0. The van der Waals surface area contributed by atoms with Crippen molar-refractivity contribution in [1.82, 2.24) is 15.1 Å². The fourth-order valence-corrected chi connectivity index (χ4v) is 4.64. The second kappa shape index (κ2) is 7.79. The smallest absolute Gasteiger partial charge is 0.266 e. The van der Waals surface area contributed by atoms with Crippen LogP contribution in [0.15, 0.2) is 42.5 Å². The van der Waals surface area contributed by atoms with Crippen molar-refractivity contribution < 1.29 is 18.8 Å². The molecule has 0 saturated carbocycles. The number of aryl methyl sites for hydroxylation is 1. The largest absolute Gasteiger partial charge is 0.343 e. The summed E-state index contributed by atoms with van der Waals surface area (Å²) in [7, 11) is 0. The first-order valence-corrected chi connectivity index (χ1v) is 10.9. The van der Waals surface area contributed by atoms with Crippen molar-refractivity contribution in [1.29, 1.82) is 0 Å². The maximum atomic E-state index is 13.2. The van der Waals surface area contributed by atoms with E-state index in [1.807, 2.05) is 6.92 Å². The molecule has 1 saturated heterocycles. The average molecular weight is 451 g/mol. The van der Waals surface area contributed by atoms with Gasteiger partial charge in [0, 0.05) is 31.7 Å². The van der Waals surface area contributed by atoms with Gasteiger partial charge in [-0.05, 0) is 49.4 Å². The van der Waals surface area contributed by atoms with Crippen LogP contribution in [0.4, 0.5) is 15.2 Å². The Bertz CT molecular complexity index is 1230. The molecule has 2 aliphatic heterocycles. The van der Waals surface area contributed by atoms with Gasteiger partial charge in [-0.1, -0.05) is 11.3 Å². The van der Waals surface area contributed by atoms with Crippen LogP contribution in [0.5, 0.6) is 0 Å². The predicted octanol–water partition coefficient (Wildman–Crippen LogP) is 2.75. The molecule has 3 aromatic rings. The van der Waals surface area contributed by atoms with Gasteiger partial charge in [-0.25, -0.2) is 9.29 Å². The van der Waals surface area contributed by atoms with E-state index < -0.39 is 17.6 Å². The highest BCUT2D eigenvalue weighted by atomic mass is 32.1. The van der Waals surface area contributed by atoms with E-state index in [1.165, 1.54) is 47.7 Å². The van der Waals surface area contributed by atoms with Gasteiger partial charge in [0.25, 0.3) is 17.7 Å². The van der Waals surface area contributed by atoms with Gasteiger partial charge in [0.1, 0.15) is 10.8 Å². The van der Waals surface area contributed by atoms with E-state index in [0.29, 0.717) is 31.7 Å². The number of imide groups is 1. The zero-order valence-electron chi connectivity index (χ0n) is 17.1. The molecule has 3 amide bonds. The number of carbonyl (C=O) groups excluding carboxylic acids is 3. The second-order valence-electron chi connectivity index (χ2n) is 7.57. The van der Waals surface area contributed by atoms with Crippen LogP contribution in [0.2, 0.25) is 0 Å². The lowest BCUT2D eigenvalue weighted by atomic mass is 10.0. The number of piperazine rings is 1. The summed E-state index contributed by atoms with van der Waals surface area (Å²) in [4.78, 5) is 43.5. The highest BCUT2D eigenvalue weighted by Gasteiger charge is 2.37. The van der Waals surface area contributed by atoms with Crippen LogP contribution in [0.25, 0.3) is 0 Å². The quantitative estimate of drug-likeness (QED) is 0.569. The van der Waals surface area contributed by atoms with Gasteiger partial charge in [-0.2, -0.15) is 0 Å². The molecule has 10 heteroatoms. The molecule has 0 atom stereocenters. The van der Waals surface area contributed by atoms with Crippen LogP contribution in [-0.2, 0) is 0 Å². The van der Waals surface area contributed by atoms with Gasteiger partial charge in [-0.3, -0.25) is 14.4 Å². The number of rotatable bonds is 3. The molecule has 2 aliphatic rings. The highest BCUT2D eigenvalue weighted by molar-refractivity contribution is 7.15. The monoisotopic (exact) mass is 451 g/mol. The summed E-state index contributed by atoms with van der Waals surface area (Å²) in [5, 5.41) is 9.93. The van der Waals surface area contributed by atoms with Crippen molar-refractivity contribution in [3.8, 4) is 0 Å². The van der Waals surface area contributed by atoms with Crippen LogP contribution in [-0.4, -0.2) is 59.0 Å². The Balaban J connectivity index is 1.33. The molecule has 0 spiro atoms. The van der Waals surface area contributed by atoms with Gasteiger partial charge in [0.2, 0.25) is 5.13 Å². The Kier molecular flexibility index (Phi) is 4.93. The van der Waals surface area contributed by atoms with Gasteiger partial charge >= 0.3 is 0 Å². The average Bonchev–Trinajstić information content (AvgIpc) is 3.35. The minimum atomic E-state index is -0.525. The minimum Gasteiger partial charge on any atom is -0.343 e. The molecule has 3 heterocycles. The number of hydrogen-bond acceptors (Lipinski definition) is 7. The van der Waals surface area contributed by atoms with Crippen LogP contribution >= 0.6 is 11.3 Å². The fourth-order valence-electron chi connectivity index (χ4n) is 3.90. The molecule has 0 unspecified atom stereocenters. The molecule has 1 fully saturated rings. The van der Waals surface area contributed by atoms with E-state index in [2.05, 4.69) is 15.1 Å². The van der Waals surface area contributed by atoms with Gasteiger partial charge in [0.05, 0.1) is 16.8 Å². The van der Waals surface area contributed by atoms with Crippen LogP contribution in [0.1, 0.15) is 36.1 Å². The fraction of sp³-hybridized carbons (Fsp3) is 0.227. The second-order valence-corrected chi connectivity index (χ2v) is 8.73. The summed E-state index contributed by atoms with van der Waals surface area (Å²) in [6.07, 6.45) is 0. The maximum Gasteiger partial charge on any atom is 0.266 e. The topological polar surface area (TPSA) is 86.7 Å². The van der Waals surface area contributed by atoms with Crippen molar-refractivity contribution in [2.45, 2.75) is 6.92 Å². The molecule has 2 aromatic carbocycles. The summed E-state index contributed by atoms with van der Waals surface area (Å²) in [6, 6.07) is 9.69. The van der Waals surface area contributed by atoms with Gasteiger partial charge < -0.3 is 9.80 Å². The van der Waals surface area contributed by atoms with E-state index >= 15 is 0 Å². The predicted molar refractivity (Wildman–Crippen MR) is 117 cm³/mol. The summed E-state index contributed by atoms with van der Waals surface area (Å²) < 4.78 is 13.2. The standard InChI is InChI=1S/C22H18FN5O3S/c1-13-24-25-22(32-13)27-10-8-26(9-11-27)19(29)14-2-7-17-18(12-14)21(31)28(20(17)30)16-5-3-15(23)4-6-16/h2-7,12H,8-11H2,1H3. The molecule has 5 rings (SSSR count). The number of aromatic nitrogens is 2. The zero-order chi connectivity index (χ0) is 22.4. The Morgan fingerprint density at radius 1 is 0.938 bits per heavy atom. The first kappa shape index (κ1) is 20.3. The number of halogens is 1. The lowest BCUT2D eigenvalue weighted by molar-refractivity contribution is 0.0746. The summed E-state index contributed by atoms with van der Waals surface area (Å²) in [6.45, 7) is 4.21. The molecule has 8 nitrogen and oxygen atoms in total. The van der Waals surface area contributed by atoms with E-state index in [0.717, 1.165) is 15.0 Å². The van der Waals surface area contributed by atoms with Crippen molar-refractivity contribution in [3.05, 3.63) is 70.0 Å². The number of hydrogen-bond donors (Lipinski definition) is 0. The van der Waals surface area contributed by atoms with Crippen molar-refractivity contribution >= 4 is 39.9 Å². The molecular formula is C22H18FN5O3S. The number of carbonyl (C=O) groups is 3. The molecule has 0 N–H and O–H groups in total. The molecule has 162 valence electrons. The molecule has 32 heavy (non-hydrogen) atoms. The summed E-state index contributed by atoms with van der Waals surface area (Å²) in [5.41, 5.74) is 1.04. The van der Waals surface area contributed by atoms with Crippen molar-refractivity contribution in [3.63, 3.8) is 0 Å². The van der Waals surface area contributed by atoms with E-state index in [-0.39, 0.29) is 22.7 Å². The third-order valence-electron chi connectivity index (χ3n) is 5.57. The van der Waals surface area contributed by atoms with Crippen LogP contribution < -0.4 is 9.80 Å². The summed E-state index contributed by atoms with van der Waals surface area (Å²) >= 11 is 1.52. The van der Waals surface area contributed by atoms with E-state index in [4.69, 9.17) is 0 Å². The Morgan fingerprint density at radius 3 is 2.28 bits per heavy atom. The van der Waals surface area contributed by atoms with Gasteiger partial charge in [-0.15, -0.1) is 10.2 Å². The molecule has 0 aliphatic carbocycles. The van der Waals surface area contributed by atoms with E-state index in [9.17, 15) is 18.8 Å². The maximum absolute atomic E-state index is 13.2. The Labute approximate surface area is 186 Å². The van der Waals surface area contributed by atoms with Crippen LogP contribution in [0.3, 0.4) is 0 Å². The van der Waals surface area contributed by atoms with Gasteiger partial charge in [0.15, 0.2) is 0 Å². The lowest BCUT2D eigenvalue weighted by Gasteiger charge is -2.34. The third-order valence-corrected chi connectivity index (χ3v) is 6.47. The zero-order valence-corrected chi connectivity index (χ0v) is 17.9. The SMILES string of the molecule is Cc1nnc(N2CCN(C(=O)c3ccc4c(c3)C(=O)N(c3ccc(F)cc3)C4=O)CC2)s1. The van der Waals surface area contributed by atoms with Crippen molar-refractivity contribution in [2.24, 2.45) is 0 Å². The first-order chi connectivity index (χ1) is 15.4. The number of anilines is 2. The number of fused-ring (bicyclic) bond motifs is 1. The number of amides is 3. The molecule has 1 aromatic heterocycles. The van der Waals surface area contributed by atoms with Crippen molar-refractivity contribution in [2.75, 3.05) is 36.0 Å². The Hall–Kier alpha value is -3.66. The number of benzene rings is 2. The highest BCUT2D eigenvalue weighted by Crippen LogP contribution is 2.30. The van der Waals surface area contributed by atoms with Crippen LogP contribution in [0, 0.1) is 12.7 Å². The number of nitrogens with zero attached hydrogens (tertiary/aromatic N) is 5. The lowest BCUT2D eigenvalue weighted by Crippen LogP contribution is -2.48.